The van der Waals surface area contributed by atoms with Crippen molar-refractivity contribution in [2.24, 2.45) is 5.41 Å². The number of carbonyl (C=O) groups excluding carboxylic acids is 1. The van der Waals surface area contributed by atoms with E-state index in [1.807, 2.05) is 37.3 Å². The Morgan fingerprint density at radius 1 is 1.08 bits per heavy atom. The standard InChI is InChI=1S/C20H24N2O3/c1-4-20(5-2,19(24)25)13-18(23)22-17-12-16(7-6-14(17)3)15-8-10-21-11-9-15/h6-12H,4-5,13H2,1-3H3,(H,22,23)(H,24,25). The normalized spacial score (nSPS) is 11.2. The van der Waals surface area contributed by atoms with Gasteiger partial charge in [0, 0.05) is 24.5 Å². The minimum absolute atomic E-state index is 0.0335. The number of hydrogen-bond acceptors (Lipinski definition) is 3. The summed E-state index contributed by atoms with van der Waals surface area (Å²) >= 11 is 0. The van der Waals surface area contributed by atoms with Crippen LogP contribution >= 0.6 is 0 Å². The maximum atomic E-state index is 12.5. The molecule has 0 aliphatic carbocycles. The summed E-state index contributed by atoms with van der Waals surface area (Å²) in [6, 6.07) is 9.64. The van der Waals surface area contributed by atoms with E-state index in [4.69, 9.17) is 0 Å². The molecule has 1 heterocycles. The molecular formula is C20H24N2O3. The van der Waals surface area contributed by atoms with Crippen LogP contribution in [0.4, 0.5) is 5.69 Å². The van der Waals surface area contributed by atoms with Crippen molar-refractivity contribution in [1.82, 2.24) is 4.98 Å². The average Bonchev–Trinajstić information content (AvgIpc) is 2.62. The molecule has 0 bridgehead atoms. The van der Waals surface area contributed by atoms with Gasteiger partial charge in [-0.2, -0.15) is 0 Å². The Hall–Kier alpha value is -2.69. The Labute approximate surface area is 148 Å². The summed E-state index contributed by atoms with van der Waals surface area (Å²) in [7, 11) is 0. The van der Waals surface area contributed by atoms with Gasteiger partial charge >= 0.3 is 5.97 Å². The number of nitrogens with zero attached hydrogens (tertiary/aromatic N) is 1. The molecule has 0 aliphatic heterocycles. The van der Waals surface area contributed by atoms with Gasteiger partial charge in [-0.1, -0.05) is 26.0 Å². The molecule has 0 aliphatic rings. The van der Waals surface area contributed by atoms with Gasteiger partial charge < -0.3 is 10.4 Å². The van der Waals surface area contributed by atoms with E-state index in [1.54, 1.807) is 26.2 Å². The topological polar surface area (TPSA) is 79.3 Å². The Balaban J connectivity index is 2.22. The van der Waals surface area contributed by atoms with Gasteiger partial charge in [-0.25, -0.2) is 0 Å². The second-order valence-electron chi connectivity index (χ2n) is 6.28. The molecule has 2 N–H and O–H groups in total. The van der Waals surface area contributed by atoms with Gasteiger partial charge in [0.1, 0.15) is 0 Å². The number of aliphatic carboxylic acids is 1. The molecule has 0 unspecified atom stereocenters. The van der Waals surface area contributed by atoms with Gasteiger partial charge in [0.25, 0.3) is 0 Å². The first kappa shape index (κ1) is 18.6. The highest BCUT2D eigenvalue weighted by molar-refractivity contribution is 5.95. The van der Waals surface area contributed by atoms with E-state index >= 15 is 0 Å². The number of anilines is 1. The van der Waals surface area contributed by atoms with Crippen LogP contribution in [0.3, 0.4) is 0 Å². The van der Waals surface area contributed by atoms with Gasteiger partial charge in [0.15, 0.2) is 0 Å². The van der Waals surface area contributed by atoms with Crippen molar-refractivity contribution in [2.75, 3.05) is 5.32 Å². The lowest BCUT2D eigenvalue weighted by Gasteiger charge is -2.26. The second kappa shape index (κ2) is 7.92. The lowest BCUT2D eigenvalue weighted by atomic mass is 9.79. The van der Waals surface area contributed by atoms with Crippen molar-refractivity contribution < 1.29 is 14.7 Å². The van der Waals surface area contributed by atoms with Crippen molar-refractivity contribution in [1.29, 1.82) is 0 Å². The van der Waals surface area contributed by atoms with E-state index in [-0.39, 0.29) is 12.3 Å². The van der Waals surface area contributed by atoms with Crippen LogP contribution in [0, 0.1) is 12.3 Å². The van der Waals surface area contributed by atoms with Crippen LogP contribution in [0.1, 0.15) is 38.7 Å². The molecule has 1 aromatic carbocycles. The summed E-state index contributed by atoms with van der Waals surface area (Å²) in [4.78, 5) is 28.1. The van der Waals surface area contributed by atoms with E-state index < -0.39 is 11.4 Å². The SMILES string of the molecule is CCC(CC)(CC(=O)Nc1cc(-c2ccncc2)ccc1C)C(=O)O. The predicted molar refractivity (Wildman–Crippen MR) is 98.3 cm³/mol. The highest BCUT2D eigenvalue weighted by atomic mass is 16.4. The van der Waals surface area contributed by atoms with Crippen LogP contribution in [0.2, 0.25) is 0 Å². The Morgan fingerprint density at radius 3 is 2.28 bits per heavy atom. The molecule has 0 fully saturated rings. The summed E-state index contributed by atoms with van der Waals surface area (Å²) in [6.45, 7) is 5.52. The molecule has 1 amide bonds. The second-order valence-corrected chi connectivity index (χ2v) is 6.28. The fraction of sp³-hybridized carbons (Fsp3) is 0.350. The van der Waals surface area contributed by atoms with Crippen molar-refractivity contribution in [3.8, 4) is 11.1 Å². The quantitative estimate of drug-likeness (QED) is 0.788. The molecule has 0 spiro atoms. The fourth-order valence-electron chi connectivity index (χ4n) is 2.86. The monoisotopic (exact) mass is 340 g/mol. The summed E-state index contributed by atoms with van der Waals surface area (Å²) < 4.78 is 0. The average molecular weight is 340 g/mol. The zero-order chi connectivity index (χ0) is 18.4. The Bertz CT molecular complexity index is 753. The number of carboxylic acid groups (broad SMARTS) is 1. The maximum Gasteiger partial charge on any atom is 0.310 e. The van der Waals surface area contributed by atoms with Gasteiger partial charge in [-0.05, 0) is 54.7 Å². The van der Waals surface area contributed by atoms with Gasteiger partial charge in [-0.3, -0.25) is 14.6 Å². The summed E-state index contributed by atoms with van der Waals surface area (Å²) in [5, 5.41) is 12.4. The third kappa shape index (κ3) is 4.24. The van der Waals surface area contributed by atoms with Crippen LogP contribution in [-0.2, 0) is 9.59 Å². The number of aromatic nitrogens is 1. The smallest absolute Gasteiger partial charge is 0.310 e. The summed E-state index contributed by atoms with van der Waals surface area (Å²) in [5.41, 5.74) is 2.60. The number of carboxylic acids is 1. The highest BCUT2D eigenvalue weighted by Gasteiger charge is 2.37. The van der Waals surface area contributed by atoms with E-state index in [1.165, 1.54) is 0 Å². The van der Waals surface area contributed by atoms with Crippen LogP contribution in [0.5, 0.6) is 0 Å². The number of carbonyl (C=O) groups is 2. The molecule has 0 atom stereocenters. The molecular weight excluding hydrogens is 316 g/mol. The molecule has 0 saturated carbocycles. The number of aryl methyl sites for hydroxylation is 1. The van der Waals surface area contributed by atoms with Crippen molar-refractivity contribution in [2.45, 2.75) is 40.0 Å². The number of hydrogen-bond donors (Lipinski definition) is 2. The number of nitrogens with one attached hydrogen (secondary N) is 1. The third-order valence-corrected chi connectivity index (χ3v) is 4.83. The van der Waals surface area contributed by atoms with Crippen molar-refractivity contribution >= 4 is 17.6 Å². The minimum atomic E-state index is -1.01. The zero-order valence-corrected chi connectivity index (χ0v) is 14.9. The first-order valence-corrected chi connectivity index (χ1v) is 8.46. The van der Waals surface area contributed by atoms with Gasteiger partial charge in [0.05, 0.1) is 5.41 Å². The van der Waals surface area contributed by atoms with Crippen LogP contribution in [0.25, 0.3) is 11.1 Å². The van der Waals surface area contributed by atoms with Gasteiger partial charge in [0.2, 0.25) is 5.91 Å². The number of benzene rings is 1. The number of amides is 1. The molecule has 5 nitrogen and oxygen atoms in total. The van der Waals surface area contributed by atoms with Crippen molar-refractivity contribution in [3.63, 3.8) is 0 Å². The summed E-state index contributed by atoms with van der Waals surface area (Å²) in [5.74, 6) is -1.20. The minimum Gasteiger partial charge on any atom is -0.481 e. The number of rotatable bonds is 7. The van der Waals surface area contributed by atoms with Gasteiger partial charge in [-0.15, -0.1) is 0 Å². The van der Waals surface area contributed by atoms with Crippen LogP contribution < -0.4 is 5.32 Å². The first-order chi connectivity index (χ1) is 11.9. The van der Waals surface area contributed by atoms with E-state index in [9.17, 15) is 14.7 Å². The largest absolute Gasteiger partial charge is 0.481 e. The van der Waals surface area contributed by atoms with E-state index in [2.05, 4.69) is 10.3 Å². The Morgan fingerprint density at radius 2 is 1.72 bits per heavy atom. The molecule has 25 heavy (non-hydrogen) atoms. The molecule has 0 radical (unpaired) electrons. The zero-order valence-electron chi connectivity index (χ0n) is 14.9. The predicted octanol–water partition coefficient (Wildman–Crippen LogP) is 4.28. The Kier molecular flexibility index (Phi) is 5.91. The van der Waals surface area contributed by atoms with Crippen LogP contribution in [0.15, 0.2) is 42.7 Å². The molecule has 2 aromatic rings. The van der Waals surface area contributed by atoms with E-state index in [0.717, 1.165) is 16.7 Å². The molecule has 132 valence electrons. The van der Waals surface area contributed by atoms with Crippen LogP contribution in [-0.4, -0.2) is 22.0 Å². The fourth-order valence-corrected chi connectivity index (χ4v) is 2.86. The van der Waals surface area contributed by atoms with Crippen molar-refractivity contribution in [3.05, 3.63) is 48.3 Å². The molecule has 1 aromatic heterocycles. The third-order valence-electron chi connectivity index (χ3n) is 4.83. The molecule has 2 rings (SSSR count). The summed E-state index contributed by atoms with van der Waals surface area (Å²) in [6.07, 6.45) is 4.24. The lowest BCUT2D eigenvalue weighted by molar-refractivity contribution is -0.151. The van der Waals surface area contributed by atoms with E-state index in [0.29, 0.717) is 18.5 Å². The highest BCUT2D eigenvalue weighted by Crippen LogP contribution is 2.32. The molecule has 5 heteroatoms. The first-order valence-electron chi connectivity index (χ1n) is 8.46. The lowest BCUT2D eigenvalue weighted by Crippen LogP contribution is -2.34. The molecule has 0 saturated heterocycles. The number of pyridine rings is 1. The maximum absolute atomic E-state index is 12.5.